The minimum absolute atomic E-state index is 0.182. The van der Waals surface area contributed by atoms with Crippen molar-refractivity contribution in [3.05, 3.63) is 64.4 Å². The van der Waals surface area contributed by atoms with Gasteiger partial charge in [-0.3, -0.25) is 13.9 Å². The molecule has 3 heterocycles. The number of carbonyl (C=O) groups excluding carboxylic acids is 2. The van der Waals surface area contributed by atoms with Crippen LogP contribution in [0.2, 0.25) is 5.02 Å². The predicted octanol–water partition coefficient (Wildman–Crippen LogP) is 4.58. The quantitative estimate of drug-likeness (QED) is 0.297. The summed E-state index contributed by atoms with van der Waals surface area (Å²) >= 11 is 6.15. The number of carbonyl (C=O) groups is 2. The molecule has 3 saturated heterocycles. The Labute approximate surface area is 258 Å². The monoisotopic (exact) mass is 637 g/mol. The number of methoxy groups -OCH3 is 1. The minimum atomic E-state index is -2.88. The number of piperidine rings is 1. The molecule has 0 spiro atoms. The van der Waals surface area contributed by atoms with Gasteiger partial charge in [0, 0.05) is 60.0 Å². The van der Waals surface area contributed by atoms with E-state index in [0.29, 0.717) is 67.5 Å². The van der Waals surface area contributed by atoms with Gasteiger partial charge in [-0.25, -0.2) is 13.5 Å². The molecule has 3 fully saturated rings. The molecule has 6 N–H and O–H groups in total. The van der Waals surface area contributed by atoms with Gasteiger partial charge in [-0.15, -0.1) is 10.8 Å². The van der Waals surface area contributed by atoms with E-state index in [1.807, 2.05) is 12.1 Å². The second kappa shape index (κ2) is 13.3. The van der Waals surface area contributed by atoms with E-state index in [4.69, 9.17) is 22.1 Å². The lowest BCUT2D eigenvalue weighted by molar-refractivity contribution is -0.119. The van der Waals surface area contributed by atoms with E-state index < -0.39 is 40.1 Å². The molecule has 2 aromatic carbocycles. The molecule has 236 valence electrons. The fourth-order valence-electron chi connectivity index (χ4n) is 6.75. The summed E-state index contributed by atoms with van der Waals surface area (Å²) in [6, 6.07) is 10.8. The van der Waals surface area contributed by atoms with Gasteiger partial charge in [0.1, 0.15) is 5.82 Å². The first-order chi connectivity index (χ1) is 20.5. The third-order valence-corrected chi connectivity index (χ3v) is 11.6. The van der Waals surface area contributed by atoms with Crippen molar-refractivity contribution in [2.75, 3.05) is 44.4 Å². The highest BCUT2D eigenvalue weighted by Gasteiger charge is 2.46. The van der Waals surface area contributed by atoms with Crippen LogP contribution >= 0.6 is 22.4 Å². The molecule has 13 heteroatoms. The smallest absolute Gasteiger partial charge is 0.409 e. The van der Waals surface area contributed by atoms with Crippen molar-refractivity contribution in [2.24, 2.45) is 5.73 Å². The maximum absolute atomic E-state index is 15.2. The molecule has 0 aromatic heterocycles. The summed E-state index contributed by atoms with van der Waals surface area (Å²) < 4.78 is 43.5. The molecule has 0 radical (unpaired) electrons. The van der Waals surface area contributed by atoms with Crippen molar-refractivity contribution in [1.82, 2.24) is 14.5 Å². The van der Waals surface area contributed by atoms with Crippen molar-refractivity contribution in [3.8, 4) is 0 Å². The van der Waals surface area contributed by atoms with Gasteiger partial charge < -0.3 is 26.0 Å². The van der Waals surface area contributed by atoms with Crippen LogP contribution in [0.5, 0.6) is 0 Å². The Kier molecular flexibility index (Phi) is 9.86. The van der Waals surface area contributed by atoms with Crippen LogP contribution in [0.1, 0.15) is 43.2 Å². The van der Waals surface area contributed by atoms with Crippen LogP contribution in [0.15, 0.2) is 42.5 Å². The van der Waals surface area contributed by atoms with Crippen LogP contribution in [0, 0.1) is 5.82 Å². The number of benzene rings is 2. The van der Waals surface area contributed by atoms with Gasteiger partial charge in [0.25, 0.3) is 0 Å². The summed E-state index contributed by atoms with van der Waals surface area (Å²) in [6.45, 7) is 1.83. The van der Waals surface area contributed by atoms with E-state index in [0.717, 1.165) is 18.4 Å². The lowest BCUT2D eigenvalue weighted by Gasteiger charge is -2.49. The molecule has 2 aromatic rings. The largest absolute Gasteiger partial charge is 0.453 e. The van der Waals surface area contributed by atoms with E-state index in [-0.39, 0.29) is 18.5 Å². The molecular formula is C30H41ClFN5O5S. The summed E-state index contributed by atoms with van der Waals surface area (Å²) in [5.74, 6) is -0.570. The van der Waals surface area contributed by atoms with Crippen molar-refractivity contribution in [3.63, 3.8) is 0 Å². The summed E-state index contributed by atoms with van der Waals surface area (Å²) in [5.41, 5.74) is 7.46. The third kappa shape index (κ3) is 6.80. The van der Waals surface area contributed by atoms with Gasteiger partial charge in [0.2, 0.25) is 5.91 Å². The van der Waals surface area contributed by atoms with Crippen LogP contribution < -0.4 is 16.4 Å². The number of rotatable bonds is 7. The Morgan fingerprint density at radius 1 is 1.23 bits per heavy atom. The number of likely N-dealkylation sites (tertiary alicyclic amines) is 1. The Bertz CT molecular complexity index is 1310. The van der Waals surface area contributed by atoms with Gasteiger partial charge in [0.15, 0.2) is 0 Å². The third-order valence-electron chi connectivity index (χ3n) is 9.29. The topological polar surface area (TPSA) is 140 Å². The van der Waals surface area contributed by atoms with Crippen LogP contribution in [-0.4, -0.2) is 87.5 Å². The fraction of sp³-hybridized carbons (Fsp3) is 0.533. The van der Waals surface area contributed by atoms with E-state index in [1.54, 1.807) is 33.5 Å². The Hall–Kier alpha value is -2.45. The van der Waals surface area contributed by atoms with Gasteiger partial charge in [-0.1, -0.05) is 29.8 Å². The van der Waals surface area contributed by atoms with E-state index in [9.17, 15) is 18.7 Å². The minimum Gasteiger partial charge on any atom is -0.453 e. The normalized spacial score (nSPS) is 26.1. The number of hydrogen-bond acceptors (Lipinski definition) is 8. The summed E-state index contributed by atoms with van der Waals surface area (Å²) in [4.78, 5) is 27.5. The number of anilines is 1. The summed E-state index contributed by atoms with van der Waals surface area (Å²) in [5, 5.41) is 6.95. The molecule has 43 heavy (non-hydrogen) atoms. The van der Waals surface area contributed by atoms with Crippen molar-refractivity contribution in [2.45, 2.75) is 62.1 Å². The second-order valence-electron chi connectivity index (χ2n) is 11.7. The van der Waals surface area contributed by atoms with E-state index >= 15 is 4.39 Å². The molecule has 10 nitrogen and oxygen atoms in total. The molecule has 4 unspecified atom stereocenters. The van der Waals surface area contributed by atoms with Gasteiger partial charge in [-0.2, -0.15) is 0 Å². The maximum Gasteiger partial charge on any atom is 0.409 e. The van der Waals surface area contributed by atoms with Crippen molar-refractivity contribution >= 4 is 40.1 Å². The molecule has 0 saturated carbocycles. The van der Waals surface area contributed by atoms with E-state index in [1.165, 1.54) is 13.2 Å². The number of ether oxygens (including phenoxy) is 1. The molecule has 3 aliphatic rings. The molecule has 4 atom stereocenters. The van der Waals surface area contributed by atoms with Crippen molar-refractivity contribution < 1.29 is 27.8 Å². The van der Waals surface area contributed by atoms with Crippen LogP contribution in [0.4, 0.5) is 14.9 Å². The molecule has 3 aliphatic heterocycles. The zero-order chi connectivity index (χ0) is 30.8. The Morgan fingerprint density at radius 2 is 1.95 bits per heavy atom. The van der Waals surface area contributed by atoms with Gasteiger partial charge in [0.05, 0.1) is 18.9 Å². The molecule has 0 aliphatic carbocycles. The maximum atomic E-state index is 15.2. The van der Waals surface area contributed by atoms with Crippen LogP contribution in [0.3, 0.4) is 0 Å². The number of fused-ring (bicyclic) bond motifs is 2. The number of hydrogen-bond donors (Lipinski definition) is 5. The van der Waals surface area contributed by atoms with Gasteiger partial charge in [-0.05, 0) is 68.4 Å². The first-order valence-electron chi connectivity index (χ1n) is 14.7. The first-order valence-corrected chi connectivity index (χ1v) is 16.8. The highest BCUT2D eigenvalue weighted by molar-refractivity contribution is 8.22. The lowest BCUT2D eigenvalue weighted by Crippen LogP contribution is -2.58. The number of halogens is 2. The summed E-state index contributed by atoms with van der Waals surface area (Å²) in [6.07, 6.45) is 2.81. The first kappa shape index (κ1) is 32.0. The molecule has 2 amide bonds. The highest BCUT2D eigenvalue weighted by atomic mass is 35.5. The lowest BCUT2D eigenvalue weighted by atomic mass is 9.67. The molecule has 5 rings (SSSR count). The van der Waals surface area contributed by atoms with Gasteiger partial charge >= 0.3 is 6.09 Å². The zero-order valence-electron chi connectivity index (χ0n) is 24.3. The zero-order valence-corrected chi connectivity index (χ0v) is 25.9. The van der Waals surface area contributed by atoms with E-state index in [2.05, 4.69) is 10.6 Å². The van der Waals surface area contributed by atoms with Crippen molar-refractivity contribution in [1.29, 1.82) is 0 Å². The number of nitrogens with zero attached hydrogens (tertiary/aromatic N) is 2. The van der Waals surface area contributed by atoms with Crippen LogP contribution in [-0.2, 0) is 21.4 Å². The number of piperazine rings is 1. The summed E-state index contributed by atoms with van der Waals surface area (Å²) in [7, 11) is -1.55. The number of nitrogens with one attached hydrogen (secondary N) is 2. The predicted molar refractivity (Wildman–Crippen MR) is 167 cm³/mol. The van der Waals surface area contributed by atoms with Crippen LogP contribution in [0.25, 0.3) is 0 Å². The standard InChI is InChI=1S/C30H41ClFN5O5S/c1-42-29(39)36-15-13-30(14-16-36,20-7-9-21(31)10-8-20)27(33)28(38)35-26-6-2-5-25(32)24(26)12-11-23-18-34-22-4-3-17-43(40,41)37(23)19-22/h2,5-10,22-23,27,34,40-41H,3-4,11-19,33H2,1H3,(H,35,38). The molecular weight excluding hydrogens is 597 g/mol. The fourth-order valence-corrected chi connectivity index (χ4v) is 8.74. The average molecular weight is 638 g/mol. The number of nitrogens with two attached hydrogens (primary N) is 1. The highest BCUT2D eigenvalue weighted by Crippen LogP contribution is 2.49. The second-order valence-corrected chi connectivity index (χ2v) is 14.3. The molecule has 2 bridgehead atoms. The number of amides is 2. The SMILES string of the molecule is COC(=O)N1CCC(c2ccc(Cl)cc2)(C(N)C(=O)Nc2cccc(F)c2CCC2CNC3CCCS(O)(O)N2C3)CC1. The Balaban J connectivity index is 1.34. The Morgan fingerprint density at radius 3 is 2.65 bits per heavy atom. The average Bonchev–Trinajstić information content (AvgIpc) is 3.12.